The van der Waals surface area contributed by atoms with Crippen molar-refractivity contribution in [1.82, 2.24) is 15.6 Å². The summed E-state index contributed by atoms with van der Waals surface area (Å²) in [7, 11) is 0. The Kier molecular flexibility index (Phi) is 1.91. The molecule has 0 aliphatic carbocycles. The monoisotopic (exact) mass is 233 g/mol. The largest absolute Gasteiger partial charge is 0.361 e. The third-order valence-corrected chi connectivity index (χ3v) is 2.76. The normalized spacial score (nSPS) is 19.5. The predicted octanol–water partition coefficient (Wildman–Crippen LogP) is 1.19. The molecule has 0 radical (unpaired) electrons. The van der Waals surface area contributed by atoms with E-state index < -0.39 is 18.0 Å². The fraction of sp³-hybridized carbons (Fsp3) is 0.0909. The molecule has 6 heteroatoms. The van der Waals surface area contributed by atoms with Gasteiger partial charge in [-0.05, 0) is 18.2 Å². The van der Waals surface area contributed by atoms with E-state index in [4.69, 9.17) is 0 Å². The molecule has 17 heavy (non-hydrogen) atoms. The van der Waals surface area contributed by atoms with Gasteiger partial charge in [0.05, 0.1) is 0 Å². The van der Waals surface area contributed by atoms with Crippen molar-refractivity contribution in [2.24, 2.45) is 0 Å². The number of rotatable bonds is 1. The minimum atomic E-state index is -0.766. The number of carbonyl (C=O) groups is 2. The molecule has 3 rings (SSSR count). The number of hydrogen-bond acceptors (Lipinski definition) is 2. The number of carbonyl (C=O) groups excluding carboxylic acids is 2. The molecule has 0 unspecified atom stereocenters. The molecule has 0 saturated carbocycles. The molecule has 3 N–H and O–H groups in total. The molecule has 0 bridgehead atoms. The summed E-state index contributed by atoms with van der Waals surface area (Å²) in [5.74, 6) is -0.816. The Morgan fingerprint density at radius 1 is 1.24 bits per heavy atom. The van der Waals surface area contributed by atoms with E-state index in [0.717, 1.165) is 5.52 Å². The summed E-state index contributed by atoms with van der Waals surface area (Å²) in [6.07, 6.45) is 1.60. The number of nitrogens with one attached hydrogen (secondary N) is 3. The summed E-state index contributed by atoms with van der Waals surface area (Å²) in [6, 6.07) is 2.95. The van der Waals surface area contributed by atoms with Crippen LogP contribution >= 0.6 is 0 Å². The van der Waals surface area contributed by atoms with Crippen LogP contribution in [-0.4, -0.2) is 16.9 Å². The smallest absolute Gasteiger partial charge is 0.322 e. The molecule has 1 saturated heterocycles. The van der Waals surface area contributed by atoms with E-state index in [2.05, 4.69) is 15.6 Å². The van der Waals surface area contributed by atoms with Gasteiger partial charge in [0.2, 0.25) is 0 Å². The molecule has 1 aromatic heterocycles. The zero-order valence-corrected chi connectivity index (χ0v) is 8.58. The molecule has 1 aliphatic heterocycles. The van der Waals surface area contributed by atoms with Gasteiger partial charge in [0, 0.05) is 22.7 Å². The molecule has 3 amide bonds. The van der Waals surface area contributed by atoms with E-state index >= 15 is 0 Å². The maximum atomic E-state index is 13.2. The van der Waals surface area contributed by atoms with E-state index in [0.29, 0.717) is 10.9 Å². The van der Waals surface area contributed by atoms with E-state index in [1.165, 1.54) is 12.1 Å². The van der Waals surface area contributed by atoms with Crippen molar-refractivity contribution in [2.45, 2.75) is 6.04 Å². The number of amides is 3. The van der Waals surface area contributed by atoms with Gasteiger partial charge < -0.3 is 10.3 Å². The first-order valence-corrected chi connectivity index (χ1v) is 5.03. The lowest BCUT2D eigenvalue weighted by Crippen LogP contribution is -2.22. The Balaban J connectivity index is 2.14. The number of urea groups is 1. The van der Waals surface area contributed by atoms with Gasteiger partial charge in [0.15, 0.2) is 0 Å². The highest BCUT2D eigenvalue weighted by Crippen LogP contribution is 2.26. The number of hydrogen-bond donors (Lipinski definition) is 3. The summed E-state index contributed by atoms with van der Waals surface area (Å²) in [4.78, 5) is 25.5. The Morgan fingerprint density at radius 3 is 2.76 bits per heavy atom. The summed E-state index contributed by atoms with van der Waals surface area (Å²) >= 11 is 0. The van der Waals surface area contributed by atoms with Gasteiger partial charge >= 0.3 is 6.03 Å². The van der Waals surface area contributed by atoms with E-state index in [1.807, 2.05) is 0 Å². The number of imide groups is 1. The van der Waals surface area contributed by atoms with Crippen molar-refractivity contribution in [2.75, 3.05) is 0 Å². The van der Waals surface area contributed by atoms with Gasteiger partial charge in [0.1, 0.15) is 11.9 Å². The molecule has 0 spiro atoms. The van der Waals surface area contributed by atoms with Gasteiger partial charge in [-0.2, -0.15) is 0 Å². The summed E-state index contributed by atoms with van der Waals surface area (Å²) < 4.78 is 13.2. The first-order valence-electron chi connectivity index (χ1n) is 5.03. The van der Waals surface area contributed by atoms with Gasteiger partial charge in [-0.3, -0.25) is 10.1 Å². The summed E-state index contributed by atoms with van der Waals surface area (Å²) in [5, 5.41) is 5.20. The molecule has 1 aliphatic rings. The number of benzene rings is 1. The Morgan fingerprint density at radius 2 is 2.06 bits per heavy atom. The maximum absolute atomic E-state index is 13.2. The van der Waals surface area contributed by atoms with Crippen LogP contribution in [0.3, 0.4) is 0 Å². The molecular formula is C11H8FN3O2. The average Bonchev–Trinajstić information content (AvgIpc) is 2.81. The van der Waals surface area contributed by atoms with Crippen LogP contribution in [0, 0.1) is 5.82 Å². The molecule has 1 atom stereocenters. The number of H-pyrrole nitrogens is 1. The lowest BCUT2D eigenvalue weighted by Gasteiger charge is -2.05. The van der Waals surface area contributed by atoms with Crippen LogP contribution < -0.4 is 10.6 Å². The van der Waals surface area contributed by atoms with Crippen LogP contribution in [-0.2, 0) is 4.79 Å². The summed E-state index contributed by atoms with van der Waals surface area (Å²) in [6.45, 7) is 0. The Hall–Kier alpha value is -2.37. The second kappa shape index (κ2) is 3.31. The average molecular weight is 233 g/mol. The fourth-order valence-corrected chi connectivity index (χ4v) is 1.99. The Bertz CT molecular complexity index is 635. The predicted molar refractivity (Wildman–Crippen MR) is 57.7 cm³/mol. The first-order chi connectivity index (χ1) is 8.15. The highest BCUT2D eigenvalue weighted by molar-refractivity contribution is 6.06. The van der Waals surface area contributed by atoms with E-state index in [1.54, 1.807) is 12.3 Å². The van der Waals surface area contributed by atoms with Crippen molar-refractivity contribution < 1.29 is 14.0 Å². The fourth-order valence-electron chi connectivity index (χ4n) is 1.99. The number of fused-ring (bicyclic) bond motifs is 1. The van der Waals surface area contributed by atoms with Gasteiger partial charge in [-0.1, -0.05) is 0 Å². The topological polar surface area (TPSA) is 74.0 Å². The van der Waals surface area contributed by atoms with Crippen molar-refractivity contribution in [3.05, 3.63) is 35.8 Å². The van der Waals surface area contributed by atoms with Crippen molar-refractivity contribution in [3.63, 3.8) is 0 Å². The van der Waals surface area contributed by atoms with Crippen LogP contribution in [0.5, 0.6) is 0 Å². The lowest BCUT2D eigenvalue weighted by atomic mass is 10.1. The molecule has 1 fully saturated rings. The van der Waals surface area contributed by atoms with Gasteiger partial charge in [-0.25, -0.2) is 9.18 Å². The molecular weight excluding hydrogens is 225 g/mol. The lowest BCUT2D eigenvalue weighted by molar-refractivity contribution is -0.120. The SMILES string of the molecule is O=C1NC(=O)[C@H](c2c[nH]c3ccc(F)cc23)N1. The minimum Gasteiger partial charge on any atom is -0.361 e. The van der Waals surface area contributed by atoms with Crippen molar-refractivity contribution in [1.29, 1.82) is 0 Å². The van der Waals surface area contributed by atoms with E-state index in [-0.39, 0.29) is 5.82 Å². The number of halogens is 1. The number of aromatic nitrogens is 1. The van der Waals surface area contributed by atoms with Crippen LogP contribution in [0.25, 0.3) is 10.9 Å². The van der Waals surface area contributed by atoms with Crippen molar-refractivity contribution >= 4 is 22.8 Å². The van der Waals surface area contributed by atoms with Crippen LogP contribution in [0.1, 0.15) is 11.6 Å². The zero-order chi connectivity index (χ0) is 12.0. The first kappa shape index (κ1) is 9.83. The van der Waals surface area contributed by atoms with Gasteiger partial charge in [0.25, 0.3) is 5.91 Å². The third-order valence-electron chi connectivity index (χ3n) is 2.76. The summed E-state index contributed by atoms with van der Waals surface area (Å²) in [5.41, 5.74) is 1.28. The third kappa shape index (κ3) is 1.45. The standard InChI is InChI=1S/C11H8FN3O2/c12-5-1-2-8-6(3-5)7(4-13-8)9-10(16)15-11(17)14-9/h1-4,9,13H,(H2,14,15,16,17)/t9-/m0/s1. The second-order valence-corrected chi connectivity index (χ2v) is 3.83. The molecule has 1 aromatic carbocycles. The minimum absolute atomic E-state index is 0.386. The van der Waals surface area contributed by atoms with Gasteiger partial charge in [-0.15, -0.1) is 0 Å². The molecule has 2 heterocycles. The van der Waals surface area contributed by atoms with Crippen LogP contribution in [0.15, 0.2) is 24.4 Å². The molecule has 5 nitrogen and oxygen atoms in total. The van der Waals surface area contributed by atoms with Crippen molar-refractivity contribution in [3.8, 4) is 0 Å². The second-order valence-electron chi connectivity index (χ2n) is 3.83. The highest BCUT2D eigenvalue weighted by Gasteiger charge is 2.32. The van der Waals surface area contributed by atoms with Crippen LogP contribution in [0.4, 0.5) is 9.18 Å². The molecule has 86 valence electrons. The Labute approximate surface area is 95.0 Å². The quantitative estimate of drug-likeness (QED) is 0.647. The highest BCUT2D eigenvalue weighted by atomic mass is 19.1. The molecule has 2 aromatic rings. The van der Waals surface area contributed by atoms with E-state index in [9.17, 15) is 14.0 Å². The number of aromatic amines is 1. The maximum Gasteiger partial charge on any atom is 0.322 e. The zero-order valence-electron chi connectivity index (χ0n) is 8.58. The van der Waals surface area contributed by atoms with Crippen LogP contribution in [0.2, 0.25) is 0 Å².